The Morgan fingerprint density at radius 2 is 2.03 bits per heavy atom. The second-order valence-corrected chi connectivity index (χ2v) is 8.47. The number of anilines is 1. The van der Waals surface area contributed by atoms with Crippen LogP contribution in [0.25, 0.3) is 0 Å². The number of nitrogens with one attached hydrogen (secondary N) is 1. The van der Waals surface area contributed by atoms with E-state index < -0.39 is 6.10 Å². The average Bonchev–Trinajstić information content (AvgIpc) is 3.25. The van der Waals surface area contributed by atoms with Gasteiger partial charge in [-0.15, -0.1) is 11.3 Å². The second kappa shape index (κ2) is 8.90. The third-order valence-electron chi connectivity index (χ3n) is 4.94. The SMILES string of the molecule is CC[C@@H]1Oc2ccc(NC(=O)c3cccs3)cc2CN(Cc2ccc(Cl)cc2)C1=O. The highest BCUT2D eigenvalue weighted by atomic mass is 35.5. The molecule has 0 radical (unpaired) electrons. The number of benzene rings is 2. The number of amides is 2. The highest BCUT2D eigenvalue weighted by Gasteiger charge is 2.30. The molecule has 1 atom stereocenters. The summed E-state index contributed by atoms with van der Waals surface area (Å²) in [5, 5.41) is 5.45. The third kappa shape index (κ3) is 4.50. The van der Waals surface area contributed by atoms with Crippen molar-refractivity contribution in [1.29, 1.82) is 0 Å². The first kappa shape index (κ1) is 20.4. The van der Waals surface area contributed by atoms with Crippen molar-refractivity contribution in [3.8, 4) is 5.75 Å². The van der Waals surface area contributed by atoms with Crippen molar-refractivity contribution in [3.05, 3.63) is 81.0 Å². The van der Waals surface area contributed by atoms with Gasteiger partial charge in [0, 0.05) is 29.4 Å². The summed E-state index contributed by atoms with van der Waals surface area (Å²) in [4.78, 5) is 27.9. The van der Waals surface area contributed by atoms with E-state index in [1.807, 2.05) is 54.8 Å². The molecule has 2 heterocycles. The quantitative estimate of drug-likeness (QED) is 0.581. The van der Waals surface area contributed by atoms with E-state index >= 15 is 0 Å². The Morgan fingerprint density at radius 1 is 1.23 bits per heavy atom. The molecule has 0 saturated heterocycles. The molecule has 30 heavy (non-hydrogen) atoms. The molecule has 3 aromatic rings. The fourth-order valence-electron chi connectivity index (χ4n) is 3.39. The van der Waals surface area contributed by atoms with Gasteiger partial charge in [0.1, 0.15) is 5.75 Å². The third-order valence-corrected chi connectivity index (χ3v) is 6.06. The predicted octanol–water partition coefficient (Wildman–Crippen LogP) is 5.35. The van der Waals surface area contributed by atoms with Crippen LogP contribution in [-0.4, -0.2) is 22.8 Å². The number of ether oxygens (including phenoxy) is 1. The molecule has 2 amide bonds. The minimum absolute atomic E-state index is 0.0483. The van der Waals surface area contributed by atoms with Crippen LogP contribution in [-0.2, 0) is 17.9 Å². The lowest BCUT2D eigenvalue weighted by molar-refractivity contribution is -0.139. The highest BCUT2D eigenvalue weighted by molar-refractivity contribution is 7.12. The summed E-state index contributed by atoms with van der Waals surface area (Å²) in [7, 11) is 0. The number of fused-ring (bicyclic) bond motifs is 1. The molecule has 7 heteroatoms. The van der Waals surface area contributed by atoms with E-state index in [0.717, 1.165) is 11.1 Å². The number of carbonyl (C=O) groups is 2. The van der Waals surface area contributed by atoms with Gasteiger partial charge in [-0.05, 0) is 53.8 Å². The van der Waals surface area contributed by atoms with Gasteiger partial charge in [-0.3, -0.25) is 9.59 Å². The molecule has 2 aromatic carbocycles. The Balaban J connectivity index is 1.59. The van der Waals surface area contributed by atoms with E-state index in [4.69, 9.17) is 16.3 Å². The van der Waals surface area contributed by atoms with Crippen LogP contribution in [0.3, 0.4) is 0 Å². The van der Waals surface area contributed by atoms with Crippen LogP contribution in [0.4, 0.5) is 5.69 Å². The van der Waals surface area contributed by atoms with Gasteiger partial charge in [-0.2, -0.15) is 0 Å². The molecule has 4 rings (SSSR count). The zero-order chi connectivity index (χ0) is 21.1. The van der Waals surface area contributed by atoms with Crippen molar-refractivity contribution in [1.82, 2.24) is 4.90 Å². The number of rotatable bonds is 5. The Morgan fingerprint density at radius 3 is 2.73 bits per heavy atom. The van der Waals surface area contributed by atoms with Crippen LogP contribution in [0.5, 0.6) is 5.75 Å². The molecular formula is C23H21ClN2O3S. The molecule has 0 bridgehead atoms. The van der Waals surface area contributed by atoms with Crippen molar-refractivity contribution in [2.24, 2.45) is 0 Å². The minimum atomic E-state index is -0.537. The Kier molecular flexibility index (Phi) is 6.06. The maximum atomic E-state index is 13.0. The normalized spacial score (nSPS) is 15.9. The van der Waals surface area contributed by atoms with Crippen LogP contribution >= 0.6 is 22.9 Å². The standard InChI is InChI=1S/C23H21ClN2O3S/c1-2-19-23(28)26(13-15-5-7-17(24)8-6-15)14-16-12-18(9-10-20(16)29-19)25-22(27)21-4-3-11-30-21/h3-12,19H,2,13-14H2,1H3,(H,25,27)/t19-/m0/s1. The van der Waals surface area contributed by atoms with Gasteiger partial charge >= 0.3 is 0 Å². The lowest BCUT2D eigenvalue weighted by Crippen LogP contribution is -2.38. The zero-order valence-corrected chi connectivity index (χ0v) is 18.0. The van der Waals surface area contributed by atoms with Crippen molar-refractivity contribution in [2.75, 3.05) is 5.32 Å². The van der Waals surface area contributed by atoms with Gasteiger partial charge in [0.25, 0.3) is 11.8 Å². The lowest BCUT2D eigenvalue weighted by Gasteiger charge is -2.23. The van der Waals surface area contributed by atoms with Crippen LogP contribution in [0.15, 0.2) is 60.0 Å². The fourth-order valence-corrected chi connectivity index (χ4v) is 4.13. The Labute approximate surface area is 184 Å². The van der Waals surface area contributed by atoms with Crippen molar-refractivity contribution in [2.45, 2.75) is 32.5 Å². The second-order valence-electron chi connectivity index (χ2n) is 7.09. The molecular weight excluding hydrogens is 420 g/mol. The van der Waals surface area contributed by atoms with E-state index in [1.165, 1.54) is 11.3 Å². The lowest BCUT2D eigenvalue weighted by atomic mass is 10.1. The topological polar surface area (TPSA) is 58.6 Å². The van der Waals surface area contributed by atoms with E-state index in [0.29, 0.717) is 40.8 Å². The van der Waals surface area contributed by atoms with Crippen LogP contribution in [0.1, 0.15) is 34.1 Å². The van der Waals surface area contributed by atoms with Crippen molar-refractivity contribution >= 4 is 40.4 Å². The smallest absolute Gasteiger partial charge is 0.265 e. The molecule has 1 aromatic heterocycles. The molecule has 5 nitrogen and oxygen atoms in total. The number of hydrogen-bond donors (Lipinski definition) is 1. The van der Waals surface area contributed by atoms with Gasteiger partial charge in [0.2, 0.25) is 0 Å². The van der Waals surface area contributed by atoms with Gasteiger partial charge in [-0.1, -0.05) is 36.7 Å². The molecule has 0 fully saturated rings. The average molecular weight is 441 g/mol. The summed E-state index contributed by atoms with van der Waals surface area (Å²) in [5.74, 6) is 0.468. The maximum absolute atomic E-state index is 13.0. The van der Waals surface area contributed by atoms with E-state index in [2.05, 4.69) is 5.32 Å². The molecule has 1 aliphatic rings. The molecule has 0 saturated carbocycles. The number of hydrogen-bond acceptors (Lipinski definition) is 4. The van der Waals surface area contributed by atoms with Crippen LogP contribution < -0.4 is 10.1 Å². The zero-order valence-electron chi connectivity index (χ0n) is 16.4. The number of nitrogens with zero attached hydrogens (tertiary/aromatic N) is 1. The van der Waals surface area contributed by atoms with E-state index in [-0.39, 0.29) is 11.8 Å². The number of halogens is 1. The Hall–Kier alpha value is -2.83. The summed E-state index contributed by atoms with van der Waals surface area (Å²) in [6, 6.07) is 16.6. The summed E-state index contributed by atoms with van der Waals surface area (Å²) in [6.07, 6.45) is 0.0387. The molecule has 0 aliphatic carbocycles. The van der Waals surface area contributed by atoms with Crippen molar-refractivity contribution in [3.63, 3.8) is 0 Å². The fraction of sp³-hybridized carbons (Fsp3) is 0.217. The first-order chi connectivity index (χ1) is 14.5. The van der Waals surface area contributed by atoms with Gasteiger partial charge in [0.05, 0.1) is 4.88 Å². The van der Waals surface area contributed by atoms with Crippen molar-refractivity contribution < 1.29 is 14.3 Å². The van der Waals surface area contributed by atoms with Gasteiger partial charge in [-0.25, -0.2) is 0 Å². The predicted molar refractivity (Wildman–Crippen MR) is 119 cm³/mol. The molecule has 1 N–H and O–H groups in total. The summed E-state index contributed by atoms with van der Waals surface area (Å²) < 4.78 is 6.01. The van der Waals surface area contributed by atoms with E-state index in [9.17, 15) is 9.59 Å². The number of thiophene rings is 1. The summed E-state index contributed by atoms with van der Waals surface area (Å²) >= 11 is 7.37. The highest BCUT2D eigenvalue weighted by Crippen LogP contribution is 2.30. The van der Waals surface area contributed by atoms with E-state index in [1.54, 1.807) is 17.0 Å². The monoisotopic (exact) mass is 440 g/mol. The summed E-state index contributed by atoms with van der Waals surface area (Å²) in [5.41, 5.74) is 2.52. The van der Waals surface area contributed by atoms with Crippen LogP contribution in [0, 0.1) is 0 Å². The van der Waals surface area contributed by atoms with Crippen LogP contribution in [0.2, 0.25) is 5.02 Å². The largest absolute Gasteiger partial charge is 0.480 e. The first-order valence-electron chi connectivity index (χ1n) is 9.71. The molecule has 0 spiro atoms. The summed E-state index contributed by atoms with van der Waals surface area (Å²) in [6.45, 7) is 2.79. The van der Waals surface area contributed by atoms with Gasteiger partial charge in [0.15, 0.2) is 6.10 Å². The minimum Gasteiger partial charge on any atom is -0.480 e. The molecule has 0 unspecified atom stereocenters. The maximum Gasteiger partial charge on any atom is 0.265 e. The Bertz CT molecular complexity index is 1050. The van der Waals surface area contributed by atoms with Gasteiger partial charge < -0.3 is 15.0 Å². The number of carbonyl (C=O) groups excluding carboxylic acids is 2. The molecule has 154 valence electrons. The first-order valence-corrected chi connectivity index (χ1v) is 11.0. The molecule has 1 aliphatic heterocycles.